The molecule has 0 bridgehead atoms. The van der Waals surface area contributed by atoms with E-state index in [-0.39, 0.29) is 35.1 Å². The Bertz CT molecular complexity index is 1030. The molecule has 0 spiro atoms. The minimum Gasteiger partial charge on any atom is -0.477 e. The normalized spacial score (nSPS) is 17.7. The maximum atomic E-state index is 14.9. The monoisotopic (exact) mass is 374 g/mol. The summed E-state index contributed by atoms with van der Waals surface area (Å²) in [5.74, 6) is -2.16. The third kappa shape index (κ3) is 2.88. The molecule has 2 aliphatic rings. The van der Waals surface area contributed by atoms with Crippen molar-refractivity contribution >= 4 is 34.2 Å². The molecule has 1 saturated heterocycles. The molecule has 2 aromatic rings. The second-order valence-electron chi connectivity index (χ2n) is 6.92. The molecule has 9 heteroatoms. The van der Waals surface area contributed by atoms with Gasteiger partial charge in [-0.15, -0.1) is 0 Å². The number of nitrogens with one attached hydrogen (secondary N) is 1. The van der Waals surface area contributed by atoms with Crippen molar-refractivity contribution in [2.24, 2.45) is 0 Å². The van der Waals surface area contributed by atoms with E-state index in [0.717, 1.165) is 18.9 Å². The van der Waals surface area contributed by atoms with E-state index in [0.29, 0.717) is 25.2 Å². The number of aromatic carboxylic acids is 1. The van der Waals surface area contributed by atoms with Gasteiger partial charge in [-0.25, -0.2) is 9.18 Å². The van der Waals surface area contributed by atoms with E-state index in [9.17, 15) is 23.9 Å². The molecule has 1 aromatic carbocycles. The number of pyridine rings is 1. The van der Waals surface area contributed by atoms with Gasteiger partial charge in [-0.2, -0.15) is 0 Å². The van der Waals surface area contributed by atoms with E-state index in [1.54, 1.807) is 9.47 Å². The zero-order valence-electron chi connectivity index (χ0n) is 14.5. The summed E-state index contributed by atoms with van der Waals surface area (Å²) in [7, 11) is 0. The van der Waals surface area contributed by atoms with Crippen LogP contribution in [0.1, 0.15) is 35.7 Å². The number of benzene rings is 1. The predicted molar refractivity (Wildman–Crippen MR) is 97.6 cm³/mol. The van der Waals surface area contributed by atoms with Crippen LogP contribution >= 0.6 is 0 Å². The molecule has 4 rings (SSSR count). The number of nitrogens with zero attached hydrogens (tertiary/aromatic N) is 2. The summed E-state index contributed by atoms with van der Waals surface area (Å²) in [4.78, 5) is 37.3. The van der Waals surface area contributed by atoms with Crippen molar-refractivity contribution in [3.63, 3.8) is 0 Å². The van der Waals surface area contributed by atoms with E-state index in [1.807, 2.05) is 0 Å². The Morgan fingerprint density at radius 1 is 1.30 bits per heavy atom. The van der Waals surface area contributed by atoms with Gasteiger partial charge >= 0.3 is 5.97 Å². The zero-order valence-corrected chi connectivity index (χ0v) is 14.5. The van der Waals surface area contributed by atoms with Crippen molar-refractivity contribution in [3.8, 4) is 0 Å². The summed E-state index contributed by atoms with van der Waals surface area (Å²) in [5.41, 5.74) is 5.76. The molecule has 1 aromatic heterocycles. The van der Waals surface area contributed by atoms with Crippen LogP contribution in [-0.2, 0) is 4.79 Å². The van der Waals surface area contributed by atoms with Crippen molar-refractivity contribution in [1.82, 2.24) is 9.88 Å². The summed E-state index contributed by atoms with van der Waals surface area (Å²) in [6.45, 7) is 1.06. The molecule has 2 fully saturated rings. The van der Waals surface area contributed by atoms with Gasteiger partial charge in [0.15, 0.2) is 0 Å². The fraction of sp³-hybridized carbons (Fsp3) is 0.389. The number of nitrogen functional groups attached to an aromatic ring is 1. The molecule has 1 amide bonds. The van der Waals surface area contributed by atoms with Gasteiger partial charge in [-0.05, 0) is 18.9 Å². The Morgan fingerprint density at radius 3 is 2.70 bits per heavy atom. The van der Waals surface area contributed by atoms with Gasteiger partial charge in [0.25, 0.3) is 0 Å². The first-order chi connectivity index (χ1) is 12.9. The van der Waals surface area contributed by atoms with Crippen LogP contribution in [0.4, 0.5) is 15.8 Å². The number of carboxylic acid groups (broad SMARTS) is 1. The first-order valence-electron chi connectivity index (χ1n) is 8.80. The molecule has 4 N–H and O–H groups in total. The van der Waals surface area contributed by atoms with Crippen molar-refractivity contribution in [1.29, 1.82) is 0 Å². The molecule has 2 heterocycles. The van der Waals surface area contributed by atoms with Crippen LogP contribution in [0.2, 0.25) is 0 Å². The van der Waals surface area contributed by atoms with Crippen LogP contribution in [0.25, 0.3) is 10.9 Å². The van der Waals surface area contributed by atoms with Crippen molar-refractivity contribution in [2.45, 2.75) is 25.3 Å². The molecule has 1 aliphatic heterocycles. The molecular weight excluding hydrogens is 355 g/mol. The molecule has 1 saturated carbocycles. The van der Waals surface area contributed by atoms with Gasteiger partial charge < -0.3 is 25.6 Å². The molecule has 1 aliphatic carbocycles. The van der Waals surface area contributed by atoms with Gasteiger partial charge in [0, 0.05) is 38.3 Å². The lowest BCUT2D eigenvalue weighted by Crippen LogP contribution is -2.30. The quantitative estimate of drug-likeness (QED) is 0.692. The zero-order chi connectivity index (χ0) is 19.3. The maximum Gasteiger partial charge on any atom is 0.341 e. The minimum absolute atomic E-state index is 0.0374. The Kier molecular flexibility index (Phi) is 4.01. The fourth-order valence-electron chi connectivity index (χ4n) is 3.61. The number of anilines is 2. The number of carbonyl (C=O) groups excluding carboxylic acids is 1. The Hall–Kier alpha value is -3.10. The minimum atomic E-state index is -1.35. The van der Waals surface area contributed by atoms with Gasteiger partial charge in [0.1, 0.15) is 11.4 Å². The van der Waals surface area contributed by atoms with Gasteiger partial charge in [0.2, 0.25) is 11.3 Å². The molecule has 27 heavy (non-hydrogen) atoms. The van der Waals surface area contributed by atoms with Crippen LogP contribution in [0.3, 0.4) is 0 Å². The maximum absolute atomic E-state index is 14.9. The van der Waals surface area contributed by atoms with Crippen LogP contribution in [-0.4, -0.2) is 41.2 Å². The Morgan fingerprint density at radius 2 is 2.04 bits per heavy atom. The van der Waals surface area contributed by atoms with Crippen molar-refractivity contribution in [3.05, 3.63) is 33.9 Å². The van der Waals surface area contributed by atoms with Crippen LogP contribution < -0.4 is 21.4 Å². The number of nitrogens with two attached hydrogens (primary N) is 1. The van der Waals surface area contributed by atoms with E-state index in [1.165, 1.54) is 6.20 Å². The molecular formula is C18H19FN4O4. The third-order valence-corrected chi connectivity index (χ3v) is 5.08. The summed E-state index contributed by atoms with van der Waals surface area (Å²) in [5, 5.41) is 12.0. The summed E-state index contributed by atoms with van der Waals surface area (Å²) in [6.07, 6.45) is 3.19. The lowest BCUT2D eigenvalue weighted by molar-refractivity contribution is -0.120. The Balaban J connectivity index is 1.96. The average molecular weight is 374 g/mol. The summed E-state index contributed by atoms with van der Waals surface area (Å²) >= 11 is 0. The predicted octanol–water partition coefficient (Wildman–Crippen LogP) is 1.08. The number of rotatable bonds is 3. The van der Waals surface area contributed by atoms with E-state index in [4.69, 9.17) is 5.73 Å². The number of hydrogen-bond acceptors (Lipinski definition) is 5. The highest BCUT2D eigenvalue weighted by molar-refractivity contribution is 6.00. The molecule has 0 atom stereocenters. The SMILES string of the molecule is Nc1c(N2CCNC(=O)CC2)c(F)cc2c(=O)c(C(=O)O)cn(C3CC3)c12. The number of aromatic nitrogens is 1. The van der Waals surface area contributed by atoms with Crippen molar-refractivity contribution < 1.29 is 19.1 Å². The number of halogens is 1. The first-order valence-corrected chi connectivity index (χ1v) is 8.80. The number of carboxylic acids is 1. The third-order valence-electron chi connectivity index (χ3n) is 5.08. The van der Waals surface area contributed by atoms with Gasteiger partial charge in [-0.3, -0.25) is 9.59 Å². The van der Waals surface area contributed by atoms with E-state index >= 15 is 0 Å². The topological polar surface area (TPSA) is 118 Å². The number of carbonyl (C=O) groups is 2. The van der Waals surface area contributed by atoms with Crippen LogP contribution in [0.5, 0.6) is 0 Å². The van der Waals surface area contributed by atoms with E-state index in [2.05, 4.69) is 5.32 Å². The van der Waals surface area contributed by atoms with Crippen molar-refractivity contribution in [2.75, 3.05) is 30.3 Å². The summed E-state index contributed by atoms with van der Waals surface area (Å²) in [6, 6.07) is 1.11. The molecule has 142 valence electrons. The highest BCUT2D eigenvalue weighted by Crippen LogP contribution is 2.41. The van der Waals surface area contributed by atoms with Crippen LogP contribution in [0, 0.1) is 5.82 Å². The molecule has 0 unspecified atom stereocenters. The average Bonchev–Trinajstić information content (AvgIpc) is 3.44. The number of hydrogen-bond donors (Lipinski definition) is 3. The fourth-order valence-corrected chi connectivity index (χ4v) is 3.61. The molecule has 8 nitrogen and oxygen atoms in total. The van der Waals surface area contributed by atoms with E-state index < -0.39 is 22.8 Å². The highest BCUT2D eigenvalue weighted by Gasteiger charge is 2.30. The number of fused-ring (bicyclic) bond motifs is 1. The largest absolute Gasteiger partial charge is 0.477 e. The first kappa shape index (κ1) is 17.3. The molecule has 0 radical (unpaired) electrons. The smallest absolute Gasteiger partial charge is 0.341 e. The highest BCUT2D eigenvalue weighted by atomic mass is 19.1. The number of amides is 1. The lowest BCUT2D eigenvalue weighted by Gasteiger charge is -2.26. The van der Waals surface area contributed by atoms with Gasteiger partial charge in [0.05, 0.1) is 22.3 Å². The lowest BCUT2D eigenvalue weighted by atomic mass is 10.1. The van der Waals surface area contributed by atoms with Crippen LogP contribution in [0.15, 0.2) is 17.1 Å². The summed E-state index contributed by atoms with van der Waals surface area (Å²) < 4.78 is 16.6. The standard InChI is InChI=1S/C18H19FN4O4/c19-12-7-10-15(14(20)16(12)22-5-3-13(24)21-4-6-22)23(9-1-2-9)8-11(17(10)25)18(26)27/h7-9H,1-6,20H2,(H,21,24)(H,26,27). The Labute approximate surface area is 153 Å². The second-order valence-corrected chi connectivity index (χ2v) is 6.92. The second kappa shape index (κ2) is 6.26. The van der Waals surface area contributed by atoms with Gasteiger partial charge in [-0.1, -0.05) is 0 Å².